The van der Waals surface area contributed by atoms with E-state index in [4.69, 9.17) is 12.2 Å². The van der Waals surface area contributed by atoms with Crippen LogP contribution in [0.4, 0.5) is 11.5 Å². The van der Waals surface area contributed by atoms with Gasteiger partial charge in [-0.25, -0.2) is 4.98 Å². The van der Waals surface area contributed by atoms with E-state index in [1.54, 1.807) is 6.20 Å². The maximum absolute atomic E-state index is 5.32. The molecule has 2 aromatic heterocycles. The van der Waals surface area contributed by atoms with Crippen LogP contribution < -0.4 is 16.0 Å². The molecule has 5 nitrogen and oxygen atoms in total. The molecule has 0 fully saturated rings. The molecule has 0 unspecified atom stereocenters. The van der Waals surface area contributed by atoms with Crippen molar-refractivity contribution in [3.8, 4) is 0 Å². The summed E-state index contributed by atoms with van der Waals surface area (Å²) < 4.78 is 0. The number of hydrogen-bond acceptors (Lipinski definition) is 4. The smallest absolute Gasteiger partial charge is 0.172 e. The first-order chi connectivity index (χ1) is 12.5. The van der Waals surface area contributed by atoms with Gasteiger partial charge in [0.1, 0.15) is 5.82 Å². The zero-order valence-corrected chi connectivity index (χ0v) is 16.1. The largest absolute Gasteiger partial charge is 0.383 e. The molecule has 26 heavy (non-hydrogen) atoms. The molecule has 0 spiro atoms. The fourth-order valence-electron chi connectivity index (χ4n) is 2.76. The van der Waals surface area contributed by atoms with E-state index in [0.29, 0.717) is 11.7 Å². The third-order valence-corrected chi connectivity index (χ3v) is 4.22. The zero-order valence-electron chi connectivity index (χ0n) is 15.3. The van der Waals surface area contributed by atoms with E-state index in [1.807, 2.05) is 26.0 Å². The van der Waals surface area contributed by atoms with Crippen LogP contribution in [0.5, 0.6) is 0 Å². The Labute approximate surface area is 159 Å². The molecule has 2 heterocycles. The van der Waals surface area contributed by atoms with Gasteiger partial charge in [0.05, 0.1) is 5.52 Å². The lowest BCUT2D eigenvalue weighted by Crippen LogP contribution is -2.32. The average molecular weight is 366 g/mol. The van der Waals surface area contributed by atoms with Crippen molar-refractivity contribution in [3.05, 3.63) is 59.4 Å². The standard InChI is InChI=1S/C20H23N5S/c1-13-4-5-17-16(10-13)18(12-15(3)24-17)21-8-9-23-20(26)25-19-11-14(2)6-7-22-19/h4-7,10-12H,8-9H2,1-3H3,(H,21,24)(H2,22,23,25,26). The Bertz CT molecular complexity index is 939. The van der Waals surface area contributed by atoms with Gasteiger partial charge in [-0.15, -0.1) is 0 Å². The van der Waals surface area contributed by atoms with Crippen LogP contribution in [0.1, 0.15) is 16.8 Å². The monoisotopic (exact) mass is 365 g/mol. The van der Waals surface area contributed by atoms with E-state index in [0.717, 1.165) is 40.2 Å². The Hall–Kier alpha value is -2.73. The average Bonchev–Trinajstić information content (AvgIpc) is 2.59. The van der Waals surface area contributed by atoms with Gasteiger partial charge in [0.2, 0.25) is 0 Å². The lowest BCUT2D eigenvalue weighted by molar-refractivity contribution is 0.915. The van der Waals surface area contributed by atoms with Gasteiger partial charge < -0.3 is 16.0 Å². The molecule has 0 saturated heterocycles. The van der Waals surface area contributed by atoms with E-state index in [9.17, 15) is 0 Å². The van der Waals surface area contributed by atoms with Crippen molar-refractivity contribution in [2.45, 2.75) is 20.8 Å². The second kappa shape index (κ2) is 8.10. The summed E-state index contributed by atoms with van der Waals surface area (Å²) in [4.78, 5) is 8.84. The molecular weight excluding hydrogens is 342 g/mol. The number of fused-ring (bicyclic) bond motifs is 1. The zero-order chi connectivity index (χ0) is 18.5. The van der Waals surface area contributed by atoms with Crippen LogP contribution in [0.2, 0.25) is 0 Å². The summed E-state index contributed by atoms with van der Waals surface area (Å²) >= 11 is 5.32. The van der Waals surface area contributed by atoms with Crippen LogP contribution in [0.3, 0.4) is 0 Å². The third-order valence-electron chi connectivity index (χ3n) is 3.98. The summed E-state index contributed by atoms with van der Waals surface area (Å²) in [7, 11) is 0. The van der Waals surface area contributed by atoms with E-state index < -0.39 is 0 Å². The lowest BCUT2D eigenvalue weighted by Gasteiger charge is -2.13. The number of aromatic nitrogens is 2. The highest BCUT2D eigenvalue weighted by atomic mass is 32.1. The van der Waals surface area contributed by atoms with E-state index in [-0.39, 0.29) is 0 Å². The Balaban J connectivity index is 1.56. The number of pyridine rings is 2. The van der Waals surface area contributed by atoms with Crippen molar-refractivity contribution in [2.75, 3.05) is 23.7 Å². The van der Waals surface area contributed by atoms with E-state index in [2.05, 4.69) is 57.1 Å². The minimum absolute atomic E-state index is 0.566. The van der Waals surface area contributed by atoms with Gasteiger partial charge in [0.25, 0.3) is 0 Å². The molecule has 0 aliphatic heterocycles. The molecule has 134 valence electrons. The quantitative estimate of drug-likeness (QED) is 0.470. The second-order valence-corrected chi connectivity index (χ2v) is 6.77. The number of nitrogens with zero attached hydrogens (tertiary/aromatic N) is 2. The van der Waals surface area contributed by atoms with Crippen molar-refractivity contribution < 1.29 is 0 Å². The van der Waals surface area contributed by atoms with Gasteiger partial charge in [-0.2, -0.15) is 0 Å². The molecule has 0 atom stereocenters. The van der Waals surface area contributed by atoms with Crippen LogP contribution in [-0.2, 0) is 0 Å². The Morgan fingerprint density at radius 2 is 1.81 bits per heavy atom. The third kappa shape index (κ3) is 4.67. The Kier molecular flexibility index (Phi) is 5.63. The maximum atomic E-state index is 5.32. The van der Waals surface area contributed by atoms with Crippen LogP contribution in [0, 0.1) is 20.8 Å². The molecule has 0 amide bonds. The van der Waals surface area contributed by atoms with Gasteiger partial charge in [0, 0.05) is 36.1 Å². The highest BCUT2D eigenvalue weighted by Crippen LogP contribution is 2.24. The minimum Gasteiger partial charge on any atom is -0.383 e. The van der Waals surface area contributed by atoms with Crippen LogP contribution in [-0.4, -0.2) is 28.2 Å². The molecule has 3 aromatic rings. The molecule has 6 heteroatoms. The fraction of sp³-hybridized carbons (Fsp3) is 0.250. The number of hydrogen-bond donors (Lipinski definition) is 3. The van der Waals surface area contributed by atoms with Crippen molar-refractivity contribution >= 4 is 39.7 Å². The lowest BCUT2D eigenvalue weighted by atomic mass is 10.1. The first kappa shape index (κ1) is 18.1. The number of nitrogens with one attached hydrogen (secondary N) is 3. The molecule has 3 rings (SSSR count). The molecule has 0 bridgehead atoms. The first-order valence-corrected chi connectivity index (χ1v) is 9.01. The molecule has 0 radical (unpaired) electrons. The Morgan fingerprint density at radius 1 is 1.00 bits per heavy atom. The van der Waals surface area contributed by atoms with Crippen molar-refractivity contribution in [3.63, 3.8) is 0 Å². The maximum Gasteiger partial charge on any atom is 0.172 e. The number of thiocarbonyl (C=S) groups is 1. The molecule has 0 aliphatic rings. The molecule has 1 aromatic carbocycles. The van der Waals surface area contributed by atoms with Gasteiger partial charge >= 0.3 is 0 Å². The van der Waals surface area contributed by atoms with E-state index >= 15 is 0 Å². The van der Waals surface area contributed by atoms with Crippen molar-refractivity contribution in [1.29, 1.82) is 0 Å². The summed E-state index contributed by atoms with van der Waals surface area (Å²) in [6, 6.07) is 12.3. The normalized spacial score (nSPS) is 10.6. The van der Waals surface area contributed by atoms with Gasteiger partial charge in [0.15, 0.2) is 5.11 Å². The van der Waals surface area contributed by atoms with Gasteiger partial charge in [-0.05, 0) is 68.9 Å². The predicted molar refractivity (Wildman–Crippen MR) is 113 cm³/mol. The Morgan fingerprint density at radius 3 is 2.62 bits per heavy atom. The van der Waals surface area contributed by atoms with Crippen LogP contribution in [0.15, 0.2) is 42.6 Å². The van der Waals surface area contributed by atoms with Crippen molar-refractivity contribution in [2.24, 2.45) is 0 Å². The minimum atomic E-state index is 0.566. The SMILES string of the molecule is Cc1ccnc(NC(=S)NCCNc2cc(C)nc3ccc(C)cc23)c1. The number of aryl methyl sites for hydroxylation is 3. The first-order valence-electron chi connectivity index (χ1n) is 8.60. The molecule has 3 N–H and O–H groups in total. The highest BCUT2D eigenvalue weighted by molar-refractivity contribution is 7.80. The summed E-state index contributed by atoms with van der Waals surface area (Å²) in [5.74, 6) is 0.752. The second-order valence-electron chi connectivity index (χ2n) is 6.36. The number of rotatable bonds is 5. The van der Waals surface area contributed by atoms with Crippen molar-refractivity contribution in [1.82, 2.24) is 15.3 Å². The van der Waals surface area contributed by atoms with Crippen LogP contribution >= 0.6 is 12.2 Å². The summed E-state index contributed by atoms with van der Waals surface area (Å²) in [6.45, 7) is 7.57. The van der Waals surface area contributed by atoms with Crippen LogP contribution in [0.25, 0.3) is 10.9 Å². The molecule has 0 aliphatic carbocycles. The summed E-state index contributed by atoms with van der Waals surface area (Å²) in [6.07, 6.45) is 1.76. The fourth-order valence-corrected chi connectivity index (χ4v) is 2.96. The summed E-state index contributed by atoms with van der Waals surface area (Å²) in [5, 5.41) is 11.5. The highest BCUT2D eigenvalue weighted by Gasteiger charge is 2.04. The molecule has 0 saturated carbocycles. The van der Waals surface area contributed by atoms with E-state index in [1.165, 1.54) is 5.56 Å². The predicted octanol–water partition coefficient (Wildman–Crippen LogP) is 3.95. The molecular formula is C20H23N5S. The topological polar surface area (TPSA) is 61.9 Å². The van der Waals surface area contributed by atoms with Gasteiger partial charge in [-0.1, -0.05) is 11.6 Å². The summed E-state index contributed by atoms with van der Waals surface area (Å²) in [5.41, 5.74) is 5.47. The number of anilines is 2. The number of benzene rings is 1. The van der Waals surface area contributed by atoms with Gasteiger partial charge in [-0.3, -0.25) is 4.98 Å².